The SMILES string of the molecule is CC[C@@H](c1ccc(F)cc1)N1C(=O)[C@H]2CC1CN2C[C@H](N)C(=O)N1CCC[C@H]1C#N. The lowest BCUT2D eigenvalue weighted by atomic mass is 10.0. The van der Waals surface area contributed by atoms with Gasteiger partial charge in [0.05, 0.1) is 24.2 Å². The summed E-state index contributed by atoms with van der Waals surface area (Å²) in [7, 11) is 0. The summed E-state index contributed by atoms with van der Waals surface area (Å²) in [6, 6.07) is 7.12. The largest absolute Gasteiger partial charge is 0.330 e. The van der Waals surface area contributed by atoms with E-state index in [1.807, 2.05) is 16.7 Å². The van der Waals surface area contributed by atoms with Gasteiger partial charge in [0, 0.05) is 25.7 Å². The van der Waals surface area contributed by atoms with Crippen LogP contribution in [0.15, 0.2) is 24.3 Å². The molecule has 0 radical (unpaired) electrons. The van der Waals surface area contributed by atoms with Gasteiger partial charge in [-0.1, -0.05) is 19.1 Å². The van der Waals surface area contributed by atoms with Crippen LogP contribution in [0.1, 0.15) is 44.2 Å². The van der Waals surface area contributed by atoms with Crippen molar-refractivity contribution in [2.45, 2.75) is 62.8 Å². The molecular formula is C22H28FN5O2. The highest BCUT2D eigenvalue weighted by Gasteiger charge is 2.52. The van der Waals surface area contributed by atoms with E-state index >= 15 is 0 Å². The van der Waals surface area contributed by atoms with Gasteiger partial charge in [-0.05, 0) is 43.4 Å². The molecule has 3 aliphatic rings. The van der Waals surface area contributed by atoms with Crippen LogP contribution in [0, 0.1) is 17.1 Å². The van der Waals surface area contributed by atoms with Crippen LogP contribution in [0.5, 0.6) is 0 Å². The van der Waals surface area contributed by atoms with Crippen molar-refractivity contribution in [2.75, 3.05) is 19.6 Å². The van der Waals surface area contributed by atoms with Gasteiger partial charge >= 0.3 is 0 Å². The first kappa shape index (κ1) is 20.8. The highest BCUT2D eigenvalue weighted by molar-refractivity contribution is 5.87. The van der Waals surface area contributed by atoms with Gasteiger partial charge in [0.25, 0.3) is 0 Å². The van der Waals surface area contributed by atoms with Gasteiger partial charge in [0.15, 0.2) is 0 Å². The number of nitriles is 1. The molecule has 5 atom stereocenters. The Hall–Kier alpha value is -2.50. The van der Waals surface area contributed by atoms with Gasteiger partial charge in [-0.2, -0.15) is 5.26 Å². The number of fused-ring (bicyclic) bond motifs is 2. The summed E-state index contributed by atoms with van der Waals surface area (Å²) in [4.78, 5) is 31.4. The van der Waals surface area contributed by atoms with Gasteiger partial charge < -0.3 is 15.5 Å². The zero-order valence-electron chi connectivity index (χ0n) is 17.2. The van der Waals surface area contributed by atoms with Crippen LogP contribution in [0.25, 0.3) is 0 Å². The number of carbonyl (C=O) groups is 2. The number of piperazine rings is 1. The molecular weight excluding hydrogens is 385 g/mol. The molecule has 0 spiro atoms. The smallest absolute Gasteiger partial charge is 0.241 e. The Balaban J connectivity index is 1.41. The van der Waals surface area contributed by atoms with Crippen molar-refractivity contribution in [3.05, 3.63) is 35.6 Å². The van der Waals surface area contributed by atoms with Crippen molar-refractivity contribution in [1.82, 2.24) is 14.7 Å². The fourth-order valence-electron chi connectivity index (χ4n) is 5.29. The van der Waals surface area contributed by atoms with E-state index in [1.54, 1.807) is 17.0 Å². The summed E-state index contributed by atoms with van der Waals surface area (Å²) in [5, 5.41) is 9.22. The average Bonchev–Trinajstić information content (AvgIpc) is 3.45. The van der Waals surface area contributed by atoms with E-state index in [9.17, 15) is 19.2 Å². The zero-order chi connectivity index (χ0) is 21.4. The van der Waals surface area contributed by atoms with Crippen molar-refractivity contribution >= 4 is 11.8 Å². The molecule has 3 aliphatic heterocycles. The summed E-state index contributed by atoms with van der Waals surface area (Å²) in [6.07, 6.45) is 2.99. The summed E-state index contributed by atoms with van der Waals surface area (Å²) in [6.45, 7) is 3.60. The monoisotopic (exact) mass is 413 g/mol. The second kappa shape index (κ2) is 8.32. The molecule has 30 heavy (non-hydrogen) atoms. The van der Waals surface area contributed by atoms with E-state index in [0.717, 1.165) is 24.8 Å². The third-order valence-electron chi connectivity index (χ3n) is 6.72. The quantitative estimate of drug-likeness (QED) is 0.761. The third kappa shape index (κ3) is 3.57. The molecule has 2 bridgehead atoms. The number of carbonyl (C=O) groups excluding carboxylic acids is 2. The van der Waals surface area contributed by atoms with E-state index < -0.39 is 12.1 Å². The van der Waals surface area contributed by atoms with Gasteiger partial charge in [0.2, 0.25) is 11.8 Å². The molecule has 0 aliphatic carbocycles. The van der Waals surface area contributed by atoms with Crippen LogP contribution in [-0.4, -0.2) is 70.3 Å². The molecule has 0 aromatic heterocycles. The number of hydrogen-bond acceptors (Lipinski definition) is 5. The van der Waals surface area contributed by atoms with Gasteiger partial charge in [-0.15, -0.1) is 0 Å². The molecule has 4 rings (SSSR count). The van der Waals surface area contributed by atoms with E-state index in [1.165, 1.54) is 12.1 Å². The van der Waals surface area contributed by atoms with Gasteiger partial charge in [0.1, 0.15) is 11.9 Å². The van der Waals surface area contributed by atoms with Crippen LogP contribution in [0.2, 0.25) is 0 Å². The maximum absolute atomic E-state index is 13.3. The Bertz CT molecular complexity index is 854. The lowest BCUT2D eigenvalue weighted by Gasteiger charge is -2.39. The highest BCUT2D eigenvalue weighted by atomic mass is 19.1. The third-order valence-corrected chi connectivity index (χ3v) is 6.72. The fraction of sp³-hybridized carbons (Fsp3) is 0.591. The first-order valence-corrected chi connectivity index (χ1v) is 10.7. The molecule has 1 aromatic rings. The number of amides is 2. The Morgan fingerprint density at radius 2 is 2.10 bits per heavy atom. The lowest BCUT2D eigenvalue weighted by molar-refractivity contribution is -0.141. The Kier molecular flexibility index (Phi) is 5.76. The van der Waals surface area contributed by atoms with Gasteiger partial charge in [-0.25, -0.2) is 4.39 Å². The zero-order valence-corrected chi connectivity index (χ0v) is 17.2. The maximum atomic E-state index is 13.3. The average molecular weight is 413 g/mol. The van der Waals surface area contributed by atoms with Crippen LogP contribution in [0.4, 0.5) is 4.39 Å². The van der Waals surface area contributed by atoms with Crippen LogP contribution in [0.3, 0.4) is 0 Å². The predicted octanol–water partition coefficient (Wildman–Crippen LogP) is 1.40. The molecule has 8 heteroatoms. The van der Waals surface area contributed by atoms with Crippen LogP contribution in [-0.2, 0) is 9.59 Å². The lowest BCUT2D eigenvalue weighted by Crippen LogP contribution is -2.56. The normalized spacial score (nSPS) is 28.1. The number of benzene rings is 1. The topological polar surface area (TPSA) is 93.7 Å². The van der Waals surface area contributed by atoms with Crippen molar-refractivity contribution < 1.29 is 14.0 Å². The second-order valence-corrected chi connectivity index (χ2v) is 8.51. The molecule has 0 saturated carbocycles. The maximum Gasteiger partial charge on any atom is 0.241 e. The van der Waals surface area contributed by atoms with E-state index in [2.05, 4.69) is 6.07 Å². The number of likely N-dealkylation sites (tertiary alicyclic amines) is 3. The summed E-state index contributed by atoms with van der Waals surface area (Å²) in [5.41, 5.74) is 7.13. The highest BCUT2D eigenvalue weighted by Crippen LogP contribution is 2.39. The van der Waals surface area contributed by atoms with Gasteiger partial charge in [-0.3, -0.25) is 14.5 Å². The Morgan fingerprint density at radius 3 is 2.73 bits per heavy atom. The predicted molar refractivity (Wildman–Crippen MR) is 108 cm³/mol. The number of rotatable bonds is 6. The van der Waals surface area contributed by atoms with Crippen molar-refractivity contribution in [2.24, 2.45) is 5.73 Å². The standard InChI is InChI=1S/C22H28FN5O2/c1-2-19(14-5-7-15(23)8-6-14)28-17-10-20(22(28)30)26(12-17)13-18(25)21(29)27-9-3-4-16(27)11-24/h5-8,16-20H,2-4,9-10,12-13,25H2,1H3/t16-,17?,18-,19-,20+/m0/s1. The first-order valence-electron chi connectivity index (χ1n) is 10.7. The van der Waals surface area contributed by atoms with Crippen molar-refractivity contribution in [1.29, 1.82) is 5.26 Å². The molecule has 3 heterocycles. The fourth-order valence-corrected chi connectivity index (χ4v) is 5.29. The number of hydrogen-bond donors (Lipinski definition) is 1. The molecule has 3 saturated heterocycles. The Labute approximate surface area is 176 Å². The number of halogens is 1. The first-order chi connectivity index (χ1) is 14.4. The number of nitrogens with two attached hydrogens (primary N) is 1. The molecule has 160 valence electrons. The minimum atomic E-state index is -0.737. The molecule has 1 aromatic carbocycles. The molecule has 3 fully saturated rings. The Morgan fingerprint density at radius 1 is 1.37 bits per heavy atom. The summed E-state index contributed by atoms with van der Waals surface area (Å²) < 4.78 is 13.3. The van der Waals surface area contributed by atoms with E-state index in [-0.39, 0.29) is 35.8 Å². The molecule has 1 unspecified atom stereocenters. The number of nitrogens with zero attached hydrogens (tertiary/aromatic N) is 4. The van der Waals surface area contributed by atoms with E-state index in [4.69, 9.17) is 5.73 Å². The molecule has 7 nitrogen and oxygen atoms in total. The second-order valence-electron chi connectivity index (χ2n) is 8.51. The minimum Gasteiger partial charge on any atom is -0.330 e. The molecule has 2 amide bonds. The minimum absolute atomic E-state index is 0.0538. The van der Waals surface area contributed by atoms with E-state index in [0.29, 0.717) is 26.1 Å². The summed E-state index contributed by atoms with van der Waals surface area (Å²) >= 11 is 0. The van der Waals surface area contributed by atoms with Crippen LogP contribution < -0.4 is 5.73 Å². The van der Waals surface area contributed by atoms with Crippen molar-refractivity contribution in [3.63, 3.8) is 0 Å². The molecule has 2 N–H and O–H groups in total. The van der Waals surface area contributed by atoms with Crippen LogP contribution >= 0.6 is 0 Å². The summed E-state index contributed by atoms with van der Waals surface area (Å²) in [5.74, 6) is -0.439. The van der Waals surface area contributed by atoms with Crippen molar-refractivity contribution in [3.8, 4) is 6.07 Å².